The molecule has 11 heteroatoms. The van der Waals surface area contributed by atoms with Crippen LogP contribution in [0.5, 0.6) is 0 Å². The second-order valence-electron chi connectivity index (χ2n) is 9.96. The van der Waals surface area contributed by atoms with Gasteiger partial charge in [-0.2, -0.15) is 26.3 Å². The van der Waals surface area contributed by atoms with Crippen LogP contribution in [0.25, 0.3) is 0 Å². The zero-order valence-corrected chi connectivity index (χ0v) is 21.5. The first-order chi connectivity index (χ1) is 19.4. The Labute approximate surface area is 231 Å². The molecule has 41 heavy (non-hydrogen) atoms. The molecular formula is C30H25F6N3O2. The highest BCUT2D eigenvalue weighted by Gasteiger charge is 2.38. The Kier molecular flexibility index (Phi) is 7.65. The number of likely N-dealkylation sites (tertiary alicyclic amines) is 1. The second kappa shape index (κ2) is 11.0. The number of hydrogen-bond donors (Lipinski definition) is 2. The van der Waals surface area contributed by atoms with E-state index in [0.29, 0.717) is 12.1 Å². The number of halogens is 6. The average Bonchev–Trinajstić information content (AvgIpc) is 3.48. The van der Waals surface area contributed by atoms with Gasteiger partial charge in [0.2, 0.25) is 0 Å². The molecule has 5 rings (SSSR count). The van der Waals surface area contributed by atoms with Crippen molar-refractivity contribution in [2.24, 2.45) is 0 Å². The standard InChI is InChI=1S/C30H25F6N3O2/c31-29(32,33)20-15-21(30(34,35)36)17-22(16-20)37-24-25(28(41)27(24)40)38-23(18-9-3-1-4-10-18)26(39-13-7-8-14-39)19-11-5-2-6-12-19/h1-6,9-12,15-17,23,26,37-38H,7-8,13-14H2. The zero-order valence-electron chi connectivity index (χ0n) is 21.5. The van der Waals surface area contributed by atoms with Crippen molar-refractivity contribution >= 4 is 17.1 Å². The average molecular weight is 574 g/mol. The highest BCUT2D eigenvalue weighted by atomic mass is 19.4. The zero-order chi connectivity index (χ0) is 29.4. The smallest absolute Gasteiger partial charge is 0.371 e. The summed E-state index contributed by atoms with van der Waals surface area (Å²) in [5, 5.41) is 5.52. The Bertz CT molecular complexity index is 1540. The molecular weight excluding hydrogens is 548 g/mol. The fourth-order valence-corrected chi connectivity index (χ4v) is 5.26. The van der Waals surface area contributed by atoms with E-state index in [0.717, 1.165) is 37.1 Å². The third-order valence-electron chi connectivity index (χ3n) is 7.22. The first kappa shape index (κ1) is 28.4. The van der Waals surface area contributed by atoms with E-state index in [1.165, 1.54) is 0 Å². The van der Waals surface area contributed by atoms with Crippen molar-refractivity contribution in [1.29, 1.82) is 0 Å². The van der Waals surface area contributed by atoms with E-state index in [9.17, 15) is 35.9 Å². The van der Waals surface area contributed by atoms with Gasteiger partial charge in [-0.25, -0.2) is 0 Å². The highest BCUT2D eigenvalue weighted by molar-refractivity contribution is 5.79. The summed E-state index contributed by atoms with van der Waals surface area (Å²) in [6.07, 6.45) is -8.20. The predicted octanol–water partition coefficient (Wildman–Crippen LogP) is 7.05. The van der Waals surface area contributed by atoms with Crippen LogP contribution in [0.1, 0.15) is 47.2 Å². The van der Waals surface area contributed by atoms with Gasteiger partial charge in [0.1, 0.15) is 11.4 Å². The van der Waals surface area contributed by atoms with Crippen molar-refractivity contribution in [1.82, 2.24) is 4.90 Å². The monoisotopic (exact) mass is 573 g/mol. The Morgan fingerprint density at radius 2 is 1.15 bits per heavy atom. The number of anilines is 3. The normalized spacial score (nSPS) is 16.0. The molecule has 5 nitrogen and oxygen atoms in total. The quantitative estimate of drug-likeness (QED) is 0.175. The summed E-state index contributed by atoms with van der Waals surface area (Å²) < 4.78 is 80.4. The molecule has 1 fully saturated rings. The van der Waals surface area contributed by atoms with Crippen molar-refractivity contribution in [3.63, 3.8) is 0 Å². The molecule has 4 aromatic carbocycles. The van der Waals surface area contributed by atoms with E-state index in [1.807, 2.05) is 60.7 Å². The number of rotatable bonds is 8. The summed E-state index contributed by atoms with van der Waals surface area (Å²) in [6, 6.07) is 18.8. The lowest BCUT2D eigenvalue weighted by Crippen LogP contribution is -2.40. The SMILES string of the molecule is O=c1c(Nc2cc(C(F)(F)F)cc(C(F)(F)F)c2)c(NC(c2ccccc2)C(c2ccccc2)N2CCCC2)c1=O. The topological polar surface area (TPSA) is 61.4 Å². The molecule has 4 aromatic rings. The molecule has 0 amide bonds. The van der Waals surface area contributed by atoms with Gasteiger partial charge in [-0.3, -0.25) is 14.5 Å². The maximum atomic E-state index is 13.4. The van der Waals surface area contributed by atoms with Crippen molar-refractivity contribution < 1.29 is 26.3 Å². The third kappa shape index (κ3) is 6.00. The first-order valence-electron chi connectivity index (χ1n) is 12.9. The van der Waals surface area contributed by atoms with Gasteiger partial charge in [-0.05, 0) is 55.3 Å². The van der Waals surface area contributed by atoms with Crippen LogP contribution in [0.3, 0.4) is 0 Å². The number of alkyl halides is 6. The molecule has 0 bridgehead atoms. The van der Waals surface area contributed by atoms with Crippen LogP contribution in [0.4, 0.5) is 43.4 Å². The number of nitrogens with one attached hydrogen (secondary N) is 2. The van der Waals surface area contributed by atoms with Gasteiger partial charge < -0.3 is 10.6 Å². The van der Waals surface area contributed by atoms with Crippen LogP contribution in [-0.4, -0.2) is 18.0 Å². The lowest BCUT2D eigenvalue weighted by molar-refractivity contribution is -0.143. The molecule has 1 heterocycles. The lowest BCUT2D eigenvalue weighted by atomic mass is 9.91. The minimum atomic E-state index is -5.07. The van der Waals surface area contributed by atoms with E-state index in [2.05, 4.69) is 15.5 Å². The van der Waals surface area contributed by atoms with Crippen molar-refractivity contribution in [3.8, 4) is 0 Å². The van der Waals surface area contributed by atoms with Crippen molar-refractivity contribution in [2.45, 2.75) is 37.3 Å². The Hall–Kier alpha value is -4.12. The number of nitrogens with zero attached hydrogens (tertiary/aromatic N) is 1. The summed E-state index contributed by atoms with van der Waals surface area (Å²) in [4.78, 5) is 27.6. The van der Waals surface area contributed by atoms with Crippen LogP contribution in [0.2, 0.25) is 0 Å². The van der Waals surface area contributed by atoms with Gasteiger partial charge in [0, 0.05) is 5.69 Å². The molecule has 0 saturated carbocycles. The number of hydrogen-bond acceptors (Lipinski definition) is 5. The fraction of sp³-hybridized carbons (Fsp3) is 0.267. The Balaban J connectivity index is 1.56. The Morgan fingerprint density at radius 3 is 1.66 bits per heavy atom. The largest absolute Gasteiger partial charge is 0.416 e. The molecule has 0 spiro atoms. The predicted molar refractivity (Wildman–Crippen MR) is 144 cm³/mol. The van der Waals surface area contributed by atoms with E-state index < -0.39 is 51.8 Å². The van der Waals surface area contributed by atoms with Gasteiger partial charge in [0.25, 0.3) is 10.9 Å². The maximum absolute atomic E-state index is 13.4. The molecule has 0 radical (unpaired) electrons. The van der Waals surface area contributed by atoms with Crippen molar-refractivity contribution in [3.05, 3.63) is 122 Å². The molecule has 2 atom stereocenters. The van der Waals surface area contributed by atoms with Crippen LogP contribution >= 0.6 is 0 Å². The van der Waals surface area contributed by atoms with E-state index in [1.54, 1.807) is 0 Å². The van der Waals surface area contributed by atoms with E-state index in [-0.39, 0.29) is 17.8 Å². The van der Waals surface area contributed by atoms with Gasteiger partial charge in [0.05, 0.1) is 23.2 Å². The highest BCUT2D eigenvalue weighted by Crippen LogP contribution is 2.41. The first-order valence-corrected chi connectivity index (χ1v) is 12.9. The third-order valence-corrected chi connectivity index (χ3v) is 7.22. The van der Waals surface area contributed by atoms with Crippen LogP contribution in [0, 0.1) is 0 Å². The molecule has 2 unspecified atom stereocenters. The molecule has 1 aliphatic heterocycles. The minimum Gasteiger partial charge on any atom is -0.371 e. The van der Waals surface area contributed by atoms with Crippen molar-refractivity contribution in [2.75, 3.05) is 23.7 Å². The van der Waals surface area contributed by atoms with Gasteiger partial charge >= 0.3 is 12.4 Å². The van der Waals surface area contributed by atoms with Crippen LogP contribution in [-0.2, 0) is 12.4 Å². The maximum Gasteiger partial charge on any atom is 0.416 e. The van der Waals surface area contributed by atoms with Crippen LogP contribution in [0.15, 0.2) is 88.5 Å². The summed E-state index contributed by atoms with van der Waals surface area (Å²) in [5.74, 6) is 0. The van der Waals surface area contributed by atoms with Crippen LogP contribution < -0.4 is 21.5 Å². The van der Waals surface area contributed by atoms with Gasteiger partial charge in [0.15, 0.2) is 0 Å². The summed E-state index contributed by atoms with van der Waals surface area (Å²) >= 11 is 0. The molecule has 214 valence electrons. The molecule has 0 aromatic heterocycles. The molecule has 1 saturated heterocycles. The molecule has 1 aliphatic rings. The van der Waals surface area contributed by atoms with E-state index in [4.69, 9.17) is 0 Å². The van der Waals surface area contributed by atoms with E-state index >= 15 is 0 Å². The Morgan fingerprint density at radius 1 is 0.659 bits per heavy atom. The fourth-order valence-electron chi connectivity index (χ4n) is 5.26. The lowest BCUT2D eigenvalue weighted by Gasteiger charge is -2.37. The molecule has 2 N–H and O–H groups in total. The summed E-state index contributed by atoms with van der Waals surface area (Å²) in [5.41, 5.74) is -4.51. The van der Waals surface area contributed by atoms with Gasteiger partial charge in [-0.15, -0.1) is 0 Å². The number of benzene rings is 3. The van der Waals surface area contributed by atoms with Gasteiger partial charge in [-0.1, -0.05) is 60.7 Å². The summed E-state index contributed by atoms with van der Waals surface area (Å²) in [6.45, 7) is 1.57. The second-order valence-corrected chi connectivity index (χ2v) is 9.96. The minimum absolute atomic E-state index is 0.00158. The summed E-state index contributed by atoms with van der Waals surface area (Å²) in [7, 11) is 0. The molecule has 0 aliphatic carbocycles.